The Balaban J connectivity index is 1.55. The number of piperidine rings is 1. The van der Waals surface area contributed by atoms with Gasteiger partial charge in [0.2, 0.25) is 0 Å². The van der Waals surface area contributed by atoms with Crippen LogP contribution in [0.25, 0.3) is 5.52 Å². The molecule has 2 aromatic rings. The SMILES string of the molecule is CC(=O)c1cnn2cc(CCCN3CCC(F)(F)CC3)ccc12. The highest BCUT2D eigenvalue weighted by molar-refractivity contribution is 6.00. The number of fused-ring (bicyclic) bond motifs is 1. The van der Waals surface area contributed by atoms with Crippen LogP contribution in [0.3, 0.4) is 0 Å². The number of halogens is 2. The van der Waals surface area contributed by atoms with Crippen LogP contribution in [0.4, 0.5) is 8.78 Å². The van der Waals surface area contributed by atoms with Crippen LogP contribution in [0.2, 0.25) is 0 Å². The van der Waals surface area contributed by atoms with E-state index in [4.69, 9.17) is 0 Å². The van der Waals surface area contributed by atoms with E-state index in [1.54, 1.807) is 10.7 Å². The molecule has 0 amide bonds. The zero-order chi connectivity index (χ0) is 16.4. The number of carbonyl (C=O) groups is 1. The van der Waals surface area contributed by atoms with Gasteiger partial charge in [0.15, 0.2) is 5.78 Å². The molecule has 124 valence electrons. The van der Waals surface area contributed by atoms with Crippen LogP contribution in [-0.4, -0.2) is 45.9 Å². The van der Waals surface area contributed by atoms with Crippen molar-refractivity contribution in [1.82, 2.24) is 14.5 Å². The van der Waals surface area contributed by atoms with Gasteiger partial charge >= 0.3 is 0 Å². The summed E-state index contributed by atoms with van der Waals surface area (Å²) < 4.78 is 28.0. The van der Waals surface area contributed by atoms with Crippen molar-refractivity contribution in [2.45, 2.75) is 38.5 Å². The number of aryl methyl sites for hydroxylation is 1. The summed E-state index contributed by atoms with van der Waals surface area (Å²) in [6, 6.07) is 3.92. The molecule has 0 aliphatic carbocycles. The Hall–Kier alpha value is -1.82. The first-order valence-corrected chi connectivity index (χ1v) is 8.02. The summed E-state index contributed by atoms with van der Waals surface area (Å²) in [5.41, 5.74) is 2.59. The van der Waals surface area contributed by atoms with E-state index in [2.05, 4.69) is 10.00 Å². The molecule has 0 spiro atoms. The molecule has 0 radical (unpaired) electrons. The van der Waals surface area contributed by atoms with E-state index in [0.717, 1.165) is 30.5 Å². The Morgan fingerprint density at radius 1 is 1.30 bits per heavy atom. The second-order valence-corrected chi connectivity index (χ2v) is 6.28. The maximum atomic E-state index is 13.1. The molecular formula is C17H21F2N3O. The van der Waals surface area contributed by atoms with Crippen molar-refractivity contribution < 1.29 is 13.6 Å². The number of carbonyl (C=O) groups excluding carboxylic acids is 1. The summed E-state index contributed by atoms with van der Waals surface area (Å²) in [5.74, 6) is -2.47. The lowest BCUT2D eigenvalue weighted by Gasteiger charge is -2.31. The van der Waals surface area contributed by atoms with E-state index in [0.29, 0.717) is 18.7 Å². The quantitative estimate of drug-likeness (QED) is 0.794. The van der Waals surface area contributed by atoms with Crippen LogP contribution >= 0.6 is 0 Å². The molecule has 0 bridgehead atoms. The molecule has 0 aromatic carbocycles. The Morgan fingerprint density at radius 3 is 2.74 bits per heavy atom. The molecule has 0 N–H and O–H groups in total. The normalized spacial score (nSPS) is 18.4. The second-order valence-electron chi connectivity index (χ2n) is 6.28. The molecule has 1 aliphatic heterocycles. The summed E-state index contributed by atoms with van der Waals surface area (Å²) in [5, 5.41) is 4.22. The van der Waals surface area contributed by atoms with Crippen LogP contribution in [0.1, 0.15) is 42.1 Å². The van der Waals surface area contributed by atoms with E-state index in [1.807, 2.05) is 18.3 Å². The predicted octanol–water partition coefficient (Wildman–Crippen LogP) is 3.20. The molecule has 1 saturated heterocycles. The average Bonchev–Trinajstić information content (AvgIpc) is 2.92. The minimum absolute atomic E-state index is 0.00894. The van der Waals surface area contributed by atoms with Gasteiger partial charge in [0.1, 0.15) is 0 Å². The molecule has 0 unspecified atom stereocenters. The van der Waals surface area contributed by atoms with Crippen molar-refractivity contribution in [2.75, 3.05) is 19.6 Å². The first-order chi connectivity index (χ1) is 10.9. The highest BCUT2D eigenvalue weighted by atomic mass is 19.3. The largest absolute Gasteiger partial charge is 0.303 e. The minimum atomic E-state index is -2.48. The zero-order valence-corrected chi connectivity index (χ0v) is 13.3. The van der Waals surface area contributed by atoms with Gasteiger partial charge in [-0.3, -0.25) is 4.79 Å². The first-order valence-electron chi connectivity index (χ1n) is 8.02. The molecule has 4 nitrogen and oxygen atoms in total. The van der Waals surface area contributed by atoms with E-state index < -0.39 is 5.92 Å². The fourth-order valence-electron chi connectivity index (χ4n) is 3.06. The average molecular weight is 321 g/mol. The number of nitrogens with zero attached hydrogens (tertiary/aromatic N) is 3. The maximum Gasteiger partial charge on any atom is 0.250 e. The van der Waals surface area contributed by atoms with Crippen molar-refractivity contribution in [3.05, 3.63) is 35.7 Å². The molecule has 3 rings (SSSR count). The van der Waals surface area contributed by atoms with Crippen LogP contribution in [-0.2, 0) is 6.42 Å². The summed E-state index contributed by atoms with van der Waals surface area (Å²) >= 11 is 0. The van der Waals surface area contributed by atoms with Gasteiger partial charge in [-0.05, 0) is 37.9 Å². The number of hydrogen-bond donors (Lipinski definition) is 0. The van der Waals surface area contributed by atoms with Crippen molar-refractivity contribution in [3.8, 4) is 0 Å². The van der Waals surface area contributed by atoms with Crippen molar-refractivity contribution in [1.29, 1.82) is 0 Å². The van der Waals surface area contributed by atoms with Gasteiger partial charge in [0, 0.05) is 32.1 Å². The summed E-state index contributed by atoms with van der Waals surface area (Å²) in [6.45, 7) is 3.33. The van der Waals surface area contributed by atoms with E-state index in [9.17, 15) is 13.6 Å². The number of pyridine rings is 1. The first kappa shape index (κ1) is 16.1. The zero-order valence-electron chi connectivity index (χ0n) is 13.3. The fraction of sp³-hybridized carbons (Fsp3) is 0.529. The Morgan fingerprint density at radius 2 is 2.04 bits per heavy atom. The molecule has 23 heavy (non-hydrogen) atoms. The number of likely N-dealkylation sites (tertiary alicyclic amines) is 1. The summed E-state index contributed by atoms with van der Waals surface area (Å²) in [4.78, 5) is 13.6. The van der Waals surface area contributed by atoms with E-state index in [-0.39, 0.29) is 18.6 Å². The summed E-state index contributed by atoms with van der Waals surface area (Å²) in [7, 11) is 0. The standard InChI is InChI=1S/C17H21F2N3O/c1-13(23)15-11-20-22-12-14(4-5-16(15)22)3-2-8-21-9-6-17(18,19)7-10-21/h4-5,11-12H,2-3,6-10H2,1H3. The van der Waals surface area contributed by atoms with Gasteiger partial charge in [-0.15, -0.1) is 0 Å². The molecule has 1 fully saturated rings. The Kier molecular flexibility index (Phi) is 4.43. The van der Waals surface area contributed by atoms with Gasteiger partial charge in [-0.2, -0.15) is 5.10 Å². The molecule has 1 aliphatic rings. The number of Topliss-reactive ketones (excluding diaryl/α,β-unsaturated/α-hetero) is 1. The number of hydrogen-bond acceptors (Lipinski definition) is 3. The van der Waals surface area contributed by atoms with Gasteiger partial charge in [0.25, 0.3) is 5.92 Å². The monoisotopic (exact) mass is 321 g/mol. The van der Waals surface area contributed by atoms with Crippen LogP contribution in [0.5, 0.6) is 0 Å². The summed E-state index contributed by atoms with van der Waals surface area (Å²) in [6.07, 6.45) is 5.28. The van der Waals surface area contributed by atoms with Gasteiger partial charge in [-0.25, -0.2) is 13.3 Å². The molecule has 2 aromatic heterocycles. The molecule has 3 heterocycles. The fourth-order valence-corrected chi connectivity index (χ4v) is 3.06. The third-order valence-electron chi connectivity index (χ3n) is 4.48. The van der Waals surface area contributed by atoms with Crippen molar-refractivity contribution >= 4 is 11.3 Å². The topological polar surface area (TPSA) is 37.6 Å². The number of aromatic nitrogens is 2. The van der Waals surface area contributed by atoms with Gasteiger partial charge in [0.05, 0.1) is 17.3 Å². The van der Waals surface area contributed by atoms with Gasteiger partial charge in [-0.1, -0.05) is 6.07 Å². The number of ketones is 1. The van der Waals surface area contributed by atoms with Crippen molar-refractivity contribution in [2.24, 2.45) is 0 Å². The third-order valence-corrected chi connectivity index (χ3v) is 4.48. The molecular weight excluding hydrogens is 300 g/mol. The van der Waals surface area contributed by atoms with Crippen molar-refractivity contribution in [3.63, 3.8) is 0 Å². The molecule has 0 saturated carbocycles. The highest BCUT2D eigenvalue weighted by Crippen LogP contribution is 2.27. The maximum absolute atomic E-state index is 13.1. The van der Waals surface area contributed by atoms with Crippen LogP contribution in [0.15, 0.2) is 24.5 Å². The lowest BCUT2D eigenvalue weighted by Crippen LogP contribution is -2.39. The second kappa shape index (κ2) is 6.35. The lowest BCUT2D eigenvalue weighted by atomic mass is 10.1. The van der Waals surface area contributed by atoms with E-state index >= 15 is 0 Å². The minimum Gasteiger partial charge on any atom is -0.303 e. The van der Waals surface area contributed by atoms with Gasteiger partial charge < -0.3 is 4.90 Å². The highest BCUT2D eigenvalue weighted by Gasteiger charge is 2.33. The molecule has 0 atom stereocenters. The molecule has 6 heteroatoms. The number of alkyl halides is 2. The van der Waals surface area contributed by atoms with Crippen LogP contribution in [0, 0.1) is 0 Å². The number of rotatable bonds is 5. The predicted molar refractivity (Wildman–Crippen MR) is 84.1 cm³/mol. The van der Waals surface area contributed by atoms with Crippen LogP contribution < -0.4 is 0 Å². The third kappa shape index (κ3) is 3.75. The Labute approximate surface area is 134 Å². The lowest BCUT2D eigenvalue weighted by molar-refractivity contribution is -0.0551. The van der Waals surface area contributed by atoms with E-state index in [1.165, 1.54) is 6.92 Å². The smallest absolute Gasteiger partial charge is 0.250 e. The Bertz CT molecular complexity index is 701.